The molecule has 0 radical (unpaired) electrons. The van der Waals surface area contributed by atoms with E-state index < -0.39 is 0 Å². The summed E-state index contributed by atoms with van der Waals surface area (Å²) in [5, 5.41) is 3.80. The summed E-state index contributed by atoms with van der Waals surface area (Å²) in [7, 11) is 2.22. The van der Waals surface area contributed by atoms with Crippen LogP contribution in [-0.4, -0.2) is 49.8 Å². The van der Waals surface area contributed by atoms with E-state index in [1.807, 2.05) is 0 Å². The van der Waals surface area contributed by atoms with Crippen molar-refractivity contribution in [2.75, 3.05) is 26.7 Å². The van der Waals surface area contributed by atoms with Crippen LogP contribution in [0.5, 0.6) is 0 Å². The zero-order chi connectivity index (χ0) is 10.7. The lowest BCUT2D eigenvalue weighted by Gasteiger charge is -2.35. The molecule has 0 amide bonds. The van der Waals surface area contributed by atoms with Crippen LogP contribution in [0.15, 0.2) is 0 Å². The van der Waals surface area contributed by atoms with Gasteiger partial charge in [-0.2, -0.15) is 0 Å². The first kappa shape index (κ1) is 11.4. The molecule has 2 rings (SSSR count). The zero-order valence-electron chi connectivity index (χ0n) is 10.0. The minimum atomic E-state index is 0.447. The predicted octanol–water partition coefficient (Wildman–Crippen LogP) is 1.24. The molecule has 15 heavy (non-hydrogen) atoms. The Labute approximate surface area is 93.2 Å². The summed E-state index contributed by atoms with van der Waals surface area (Å²) in [5.41, 5.74) is 0. The van der Waals surface area contributed by atoms with E-state index in [1.54, 1.807) is 0 Å². The van der Waals surface area contributed by atoms with E-state index in [2.05, 4.69) is 24.2 Å². The number of hydrogen-bond acceptors (Lipinski definition) is 3. The molecule has 2 aliphatic rings. The van der Waals surface area contributed by atoms with Gasteiger partial charge in [0.05, 0.1) is 6.10 Å². The van der Waals surface area contributed by atoms with Crippen LogP contribution >= 0.6 is 0 Å². The highest BCUT2D eigenvalue weighted by Gasteiger charge is 2.23. The maximum atomic E-state index is 5.57. The Hall–Kier alpha value is -0.120. The molecular formula is C12H24N2O. The number of nitrogens with one attached hydrogen (secondary N) is 1. The van der Waals surface area contributed by atoms with Gasteiger partial charge in [0.2, 0.25) is 0 Å². The van der Waals surface area contributed by atoms with E-state index in [1.165, 1.54) is 38.8 Å². The van der Waals surface area contributed by atoms with Crippen LogP contribution in [0, 0.1) is 0 Å². The lowest BCUT2D eigenvalue weighted by Crippen LogP contribution is -2.47. The van der Waals surface area contributed by atoms with Crippen LogP contribution in [0.1, 0.15) is 32.6 Å². The van der Waals surface area contributed by atoms with Gasteiger partial charge in [0.1, 0.15) is 0 Å². The van der Waals surface area contributed by atoms with E-state index in [4.69, 9.17) is 4.74 Å². The summed E-state index contributed by atoms with van der Waals surface area (Å²) in [6.07, 6.45) is 5.44. The summed E-state index contributed by atoms with van der Waals surface area (Å²) in [6.45, 7) is 5.61. The normalized spacial score (nSPS) is 35.6. The molecule has 2 saturated heterocycles. The second kappa shape index (κ2) is 5.28. The summed E-state index contributed by atoms with van der Waals surface area (Å²) < 4.78 is 5.57. The third-order valence-electron chi connectivity index (χ3n) is 3.68. The van der Waals surface area contributed by atoms with Gasteiger partial charge in [-0.1, -0.05) is 0 Å². The predicted molar refractivity (Wildman–Crippen MR) is 62.1 cm³/mol. The molecule has 0 bridgehead atoms. The molecule has 0 aromatic rings. The quantitative estimate of drug-likeness (QED) is 0.745. The average molecular weight is 212 g/mol. The van der Waals surface area contributed by atoms with Crippen molar-refractivity contribution in [2.45, 2.75) is 50.8 Å². The Morgan fingerprint density at radius 3 is 2.53 bits per heavy atom. The highest BCUT2D eigenvalue weighted by molar-refractivity contribution is 4.82. The van der Waals surface area contributed by atoms with Crippen molar-refractivity contribution in [3.8, 4) is 0 Å². The summed E-state index contributed by atoms with van der Waals surface area (Å²) in [6, 6.07) is 1.44. The molecule has 2 aliphatic heterocycles. The van der Waals surface area contributed by atoms with Crippen molar-refractivity contribution in [3.63, 3.8) is 0 Å². The average Bonchev–Trinajstić information content (AvgIpc) is 2.22. The van der Waals surface area contributed by atoms with Crippen LogP contribution in [0.3, 0.4) is 0 Å². The lowest BCUT2D eigenvalue weighted by atomic mass is 9.99. The smallest absolute Gasteiger partial charge is 0.0561 e. The van der Waals surface area contributed by atoms with Crippen molar-refractivity contribution >= 4 is 0 Å². The minimum absolute atomic E-state index is 0.447. The van der Waals surface area contributed by atoms with Gasteiger partial charge in [0, 0.05) is 18.7 Å². The van der Waals surface area contributed by atoms with Crippen molar-refractivity contribution in [1.29, 1.82) is 0 Å². The van der Waals surface area contributed by atoms with E-state index in [-0.39, 0.29) is 0 Å². The fourth-order valence-electron chi connectivity index (χ4n) is 2.66. The van der Waals surface area contributed by atoms with Crippen LogP contribution < -0.4 is 5.32 Å². The fraction of sp³-hybridized carbons (Fsp3) is 1.00. The largest absolute Gasteiger partial charge is 0.378 e. The summed E-state index contributed by atoms with van der Waals surface area (Å²) in [4.78, 5) is 2.42. The molecule has 0 aromatic carbocycles. The van der Waals surface area contributed by atoms with E-state index in [0.29, 0.717) is 12.1 Å². The summed E-state index contributed by atoms with van der Waals surface area (Å²) >= 11 is 0. The van der Waals surface area contributed by atoms with Gasteiger partial charge in [-0.15, -0.1) is 0 Å². The Morgan fingerprint density at radius 1 is 1.13 bits per heavy atom. The number of likely N-dealkylation sites (tertiary alicyclic amines) is 1. The topological polar surface area (TPSA) is 24.5 Å². The fourth-order valence-corrected chi connectivity index (χ4v) is 2.66. The van der Waals surface area contributed by atoms with Gasteiger partial charge in [-0.05, 0) is 52.7 Å². The maximum absolute atomic E-state index is 5.57. The molecule has 2 heterocycles. The highest BCUT2D eigenvalue weighted by Crippen LogP contribution is 2.16. The number of piperidine rings is 1. The Balaban J connectivity index is 1.71. The molecule has 1 N–H and O–H groups in total. The van der Waals surface area contributed by atoms with Crippen LogP contribution in [0.25, 0.3) is 0 Å². The molecule has 0 aliphatic carbocycles. The second-order valence-corrected chi connectivity index (χ2v) is 5.15. The molecule has 88 valence electrons. The second-order valence-electron chi connectivity index (χ2n) is 5.15. The number of nitrogens with zero attached hydrogens (tertiary/aromatic N) is 1. The first-order valence-electron chi connectivity index (χ1n) is 6.30. The number of ether oxygens (including phenoxy) is 1. The van der Waals surface area contributed by atoms with Crippen LogP contribution in [-0.2, 0) is 4.74 Å². The standard InChI is InChI=1S/C12H24N2O/c1-10-9-12(5-8-15-10)13-11-3-6-14(2)7-4-11/h10-13H,3-9H2,1-2H3. The van der Waals surface area contributed by atoms with Crippen molar-refractivity contribution in [2.24, 2.45) is 0 Å². The van der Waals surface area contributed by atoms with Crippen LogP contribution in [0.2, 0.25) is 0 Å². The third kappa shape index (κ3) is 3.44. The van der Waals surface area contributed by atoms with E-state index in [9.17, 15) is 0 Å². The van der Waals surface area contributed by atoms with Gasteiger partial charge >= 0.3 is 0 Å². The maximum Gasteiger partial charge on any atom is 0.0561 e. The molecule has 0 spiro atoms. The third-order valence-corrected chi connectivity index (χ3v) is 3.68. The molecule has 2 atom stereocenters. The van der Waals surface area contributed by atoms with Gasteiger partial charge in [-0.25, -0.2) is 0 Å². The molecule has 2 unspecified atom stereocenters. The van der Waals surface area contributed by atoms with Crippen molar-refractivity contribution in [3.05, 3.63) is 0 Å². The highest BCUT2D eigenvalue weighted by atomic mass is 16.5. The Kier molecular flexibility index (Phi) is 4.00. The molecular weight excluding hydrogens is 188 g/mol. The molecule has 0 aromatic heterocycles. The summed E-state index contributed by atoms with van der Waals surface area (Å²) in [5.74, 6) is 0. The number of hydrogen-bond donors (Lipinski definition) is 1. The van der Waals surface area contributed by atoms with Gasteiger partial charge in [0.15, 0.2) is 0 Å². The zero-order valence-corrected chi connectivity index (χ0v) is 10.0. The Morgan fingerprint density at radius 2 is 1.87 bits per heavy atom. The SMILES string of the molecule is CC1CC(NC2CCN(C)CC2)CCO1. The van der Waals surface area contributed by atoms with Crippen molar-refractivity contribution in [1.82, 2.24) is 10.2 Å². The Bertz CT molecular complexity index is 190. The van der Waals surface area contributed by atoms with Crippen LogP contribution in [0.4, 0.5) is 0 Å². The molecule has 2 fully saturated rings. The first-order chi connectivity index (χ1) is 7.24. The monoisotopic (exact) mass is 212 g/mol. The molecule has 3 heteroatoms. The van der Waals surface area contributed by atoms with Crippen molar-refractivity contribution < 1.29 is 4.74 Å². The number of rotatable bonds is 2. The lowest BCUT2D eigenvalue weighted by molar-refractivity contribution is 0.00969. The van der Waals surface area contributed by atoms with Gasteiger partial charge in [0.25, 0.3) is 0 Å². The van der Waals surface area contributed by atoms with Gasteiger partial charge in [-0.3, -0.25) is 0 Å². The van der Waals surface area contributed by atoms with Gasteiger partial charge < -0.3 is 15.0 Å². The van der Waals surface area contributed by atoms with E-state index in [0.717, 1.165) is 12.6 Å². The van der Waals surface area contributed by atoms with E-state index >= 15 is 0 Å². The molecule has 3 nitrogen and oxygen atoms in total. The first-order valence-corrected chi connectivity index (χ1v) is 6.30. The minimum Gasteiger partial charge on any atom is -0.378 e. The molecule has 0 saturated carbocycles.